The van der Waals surface area contributed by atoms with Crippen LogP contribution in [0.5, 0.6) is 0 Å². The second-order valence-electron chi connectivity index (χ2n) is 21.8. The van der Waals surface area contributed by atoms with Crippen LogP contribution in [-0.4, -0.2) is 24.1 Å². The number of fused-ring (bicyclic) bond motifs is 6. The maximum atomic E-state index is 15.5. The van der Waals surface area contributed by atoms with Crippen LogP contribution in [0, 0.1) is 34.6 Å². The summed E-state index contributed by atoms with van der Waals surface area (Å²) in [6.45, 7) is 10.5. The van der Waals surface area contributed by atoms with E-state index in [1.165, 1.54) is 12.1 Å². The maximum Gasteiger partial charge on any atom is 0.416 e. The highest BCUT2D eigenvalue weighted by Crippen LogP contribution is 2.45. The van der Waals surface area contributed by atoms with Crippen LogP contribution in [0.2, 0.25) is 0 Å². The van der Waals surface area contributed by atoms with Crippen molar-refractivity contribution in [1.82, 2.24) is 24.1 Å². The molecule has 0 N–H and O–H groups in total. The SMILES string of the molecule is Cc1ccc(-n2c3cc(-c4ccccc4C)ccc3c3ccc(-c4ccccc4C)cc32)c(-c2nc(-c3ccccc3)nc(-c3cc(C(F)(F)F)ccc3-n3c4cc(-c5ccccc5C)ccc4c4ccc(-c5ccccc5C)cc43)n2)c1. The average molecular weight is 1080 g/mol. The van der Waals surface area contributed by atoms with Crippen molar-refractivity contribution in [2.75, 3.05) is 0 Å². The van der Waals surface area contributed by atoms with Gasteiger partial charge in [-0.25, -0.2) is 15.0 Å². The second kappa shape index (κ2) is 20.1. The molecule has 0 bridgehead atoms. The molecular formula is C75H54F3N5. The summed E-state index contributed by atoms with van der Waals surface area (Å²) in [5.74, 6) is 0.716. The van der Waals surface area contributed by atoms with Gasteiger partial charge in [-0.2, -0.15) is 13.2 Å². The Labute approximate surface area is 479 Å². The molecule has 14 aromatic rings. The van der Waals surface area contributed by atoms with Crippen molar-refractivity contribution in [2.24, 2.45) is 0 Å². The fourth-order valence-corrected chi connectivity index (χ4v) is 12.3. The lowest BCUT2D eigenvalue weighted by atomic mass is 9.98. The topological polar surface area (TPSA) is 48.5 Å². The third-order valence-corrected chi connectivity index (χ3v) is 16.5. The van der Waals surface area contributed by atoms with Gasteiger partial charge in [-0.15, -0.1) is 0 Å². The molecule has 3 aromatic heterocycles. The Kier molecular flexibility index (Phi) is 12.4. The summed E-state index contributed by atoms with van der Waals surface area (Å²) in [6.07, 6.45) is -4.70. The first-order chi connectivity index (χ1) is 40.3. The zero-order valence-corrected chi connectivity index (χ0v) is 46.4. The number of halogens is 3. The first kappa shape index (κ1) is 51.0. The van der Waals surface area contributed by atoms with Gasteiger partial charge in [0.1, 0.15) is 0 Å². The van der Waals surface area contributed by atoms with Crippen LogP contribution in [-0.2, 0) is 6.18 Å². The van der Waals surface area contributed by atoms with Crippen LogP contribution in [0.15, 0.2) is 237 Å². The van der Waals surface area contributed by atoms with Gasteiger partial charge >= 0.3 is 6.18 Å². The summed E-state index contributed by atoms with van der Waals surface area (Å²) < 4.78 is 50.8. The Morgan fingerprint density at radius 1 is 0.289 bits per heavy atom. The third kappa shape index (κ3) is 8.95. The molecule has 0 fully saturated rings. The van der Waals surface area contributed by atoms with Crippen LogP contribution in [0.3, 0.4) is 0 Å². The maximum absolute atomic E-state index is 15.5. The third-order valence-electron chi connectivity index (χ3n) is 16.5. The van der Waals surface area contributed by atoms with Crippen molar-refractivity contribution in [1.29, 1.82) is 0 Å². The highest BCUT2D eigenvalue weighted by atomic mass is 19.4. The van der Waals surface area contributed by atoms with Crippen LogP contribution in [0.1, 0.15) is 33.4 Å². The summed E-state index contributed by atoms with van der Waals surface area (Å²) in [6, 6.07) is 79.3. The number of benzene rings is 11. The Bertz CT molecular complexity index is 4710. The molecule has 83 heavy (non-hydrogen) atoms. The lowest BCUT2D eigenvalue weighted by Crippen LogP contribution is -2.09. The van der Waals surface area contributed by atoms with Gasteiger partial charge in [-0.1, -0.05) is 188 Å². The van der Waals surface area contributed by atoms with E-state index in [-0.39, 0.29) is 11.4 Å². The van der Waals surface area contributed by atoms with Crippen molar-refractivity contribution >= 4 is 43.6 Å². The van der Waals surface area contributed by atoms with E-state index in [0.717, 1.165) is 122 Å². The Balaban J connectivity index is 1.07. The van der Waals surface area contributed by atoms with Crippen LogP contribution >= 0.6 is 0 Å². The molecule has 0 atom stereocenters. The summed E-state index contributed by atoms with van der Waals surface area (Å²) in [5, 5.41) is 4.04. The fraction of sp³-hybridized carbons (Fsp3) is 0.0800. The molecule has 0 aliphatic rings. The number of aryl methyl sites for hydroxylation is 5. The normalized spacial score (nSPS) is 11.9. The van der Waals surface area contributed by atoms with Crippen molar-refractivity contribution in [3.63, 3.8) is 0 Å². The quantitative estimate of drug-likeness (QED) is 0.145. The molecule has 0 saturated carbocycles. The highest BCUT2D eigenvalue weighted by Gasteiger charge is 2.33. The molecule has 3 heterocycles. The lowest BCUT2D eigenvalue weighted by molar-refractivity contribution is -0.137. The summed E-state index contributed by atoms with van der Waals surface area (Å²) in [7, 11) is 0. The first-order valence-electron chi connectivity index (χ1n) is 27.9. The zero-order valence-electron chi connectivity index (χ0n) is 46.4. The van der Waals surface area contributed by atoms with Crippen LogP contribution < -0.4 is 0 Å². The van der Waals surface area contributed by atoms with E-state index in [4.69, 9.17) is 15.0 Å². The Hall–Kier alpha value is -10.2. The molecule has 0 saturated heterocycles. The van der Waals surface area contributed by atoms with E-state index >= 15 is 13.2 Å². The standard InChI is InChI=1S/C75H54F3N5/c1-45-27-37-66(82-68-40-51(56-23-13-9-17-46(56)2)28-33-60(68)61-34-29-52(41-69(61)82)57-24-14-10-18-47(57)3)64(39-45)73-79-72(50-21-7-6-8-22-50)80-74(81-73)65-44-55(75(76,77)78)32-38-67(65)83-70-42-53(58-25-15-11-19-48(58)4)30-35-62(70)63-36-31-54(43-71(63)83)59-26-16-12-20-49(59)5/h6-44H,1-5H3. The summed E-state index contributed by atoms with van der Waals surface area (Å²) >= 11 is 0. The number of hydrogen-bond acceptors (Lipinski definition) is 3. The van der Waals surface area contributed by atoms with E-state index in [1.807, 2.05) is 61.5 Å². The van der Waals surface area contributed by atoms with E-state index < -0.39 is 11.7 Å². The first-order valence-corrected chi connectivity index (χ1v) is 27.9. The van der Waals surface area contributed by atoms with Gasteiger partial charge in [-0.3, -0.25) is 0 Å². The molecule has 0 aliphatic heterocycles. The number of rotatable bonds is 9. The second-order valence-corrected chi connectivity index (χ2v) is 21.8. The summed E-state index contributed by atoms with van der Waals surface area (Å²) in [5.41, 5.74) is 19.6. The van der Waals surface area contributed by atoms with Gasteiger partial charge in [-0.05, 0) is 156 Å². The molecular weight excluding hydrogens is 1030 g/mol. The van der Waals surface area contributed by atoms with Gasteiger partial charge in [0.15, 0.2) is 17.5 Å². The minimum atomic E-state index is -4.70. The lowest BCUT2D eigenvalue weighted by Gasteiger charge is -2.19. The van der Waals surface area contributed by atoms with Gasteiger partial charge in [0, 0.05) is 38.2 Å². The Morgan fingerprint density at radius 3 is 1.00 bits per heavy atom. The monoisotopic (exact) mass is 1080 g/mol. The zero-order chi connectivity index (χ0) is 56.7. The average Bonchev–Trinajstić information content (AvgIpc) is 3.06. The van der Waals surface area contributed by atoms with E-state index in [9.17, 15) is 0 Å². The molecule has 400 valence electrons. The van der Waals surface area contributed by atoms with E-state index in [0.29, 0.717) is 28.5 Å². The van der Waals surface area contributed by atoms with Crippen molar-refractivity contribution in [2.45, 2.75) is 40.8 Å². The minimum Gasteiger partial charge on any atom is -0.308 e. The predicted molar refractivity (Wildman–Crippen MR) is 335 cm³/mol. The number of hydrogen-bond donors (Lipinski definition) is 0. The molecule has 0 aliphatic carbocycles. The number of nitrogens with zero attached hydrogens (tertiary/aromatic N) is 5. The molecule has 0 unspecified atom stereocenters. The highest BCUT2D eigenvalue weighted by molar-refractivity contribution is 6.13. The summed E-state index contributed by atoms with van der Waals surface area (Å²) in [4.78, 5) is 16.0. The van der Waals surface area contributed by atoms with Crippen LogP contribution in [0.25, 0.3) is 134 Å². The smallest absolute Gasteiger partial charge is 0.308 e. The van der Waals surface area contributed by atoms with Crippen LogP contribution in [0.4, 0.5) is 13.2 Å². The molecule has 0 spiro atoms. The Morgan fingerprint density at radius 2 is 0.627 bits per heavy atom. The van der Waals surface area contributed by atoms with Gasteiger partial charge in [0.25, 0.3) is 0 Å². The minimum absolute atomic E-state index is 0.0911. The fourth-order valence-electron chi connectivity index (χ4n) is 12.3. The molecule has 0 radical (unpaired) electrons. The predicted octanol–water partition coefficient (Wildman–Crippen LogP) is 20.3. The molecule has 8 heteroatoms. The molecule has 11 aromatic carbocycles. The number of alkyl halides is 3. The van der Waals surface area contributed by atoms with Crippen molar-refractivity contribution in [3.05, 3.63) is 270 Å². The molecule has 14 rings (SSSR count). The molecule has 0 amide bonds. The van der Waals surface area contributed by atoms with E-state index in [2.05, 4.69) is 201 Å². The largest absolute Gasteiger partial charge is 0.416 e. The van der Waals surface area contributed by atoms with Crippen molar-refractivity contribution in [3.8, 4) is 90.0 Å². The van der Waals surface area contributed by atoms with E-state index in [1.54, 1.807) is 6.07 Å². The van der Waals surface area contributed by atoms with Crippen molar-refractivity contribution < 1.29 is 13.2 Å². The number of aromatic nitrogens is 5. The van der Waals surface area contributed by atoms with Gasteiger partial charge < -0.3 is 9.13 Å². The molecule has 5 nitrogen and oxygen atoms in total. The van der Waals surface area contributed by atoms with Gasteiger partial charge in [0.2, 0.25) is 0 Å². The van der Waals surface area contributed by atoms with Gasteiger partial charge in [0.05, 0.1) is 39.0 Å².